The van der Waals surface area contributed by atoms with Crippen LogP contribution in [-0.4, -0.2) is 39.9 Å². The topological polar surface area (TPSA) is 108 Å². The summed E-state index contributed by atoms with van der Waals surface area (Å²) in [6.45, 7) is 1.31. The number of nitrogens with zero attached hydrogens (tertiary/aromatic N) is 1. The largest absolute Gasteiger partial charge is 0.393 e. The molecule has 0 aromatic carbocycles. The first-order valence-corrected chi connectivity index (χ1v) is 4.77. The van der Waals surface area contributed by atoms with Crippen LogP contribution in [0.5, 0.6) is 0 Å². The molecule has 0 aliphatic carbocycles. The van der Waals surface area contributed by atoms with E-state index in [0.29, 0.717) is 11.4 Å². The Bertz CT molecular complexity index is 362. The van der Waals surface area contributed by atoms with Crippen LogP contribution in [0.15, 0.2) is 18.3 Å². The summed E-state index contributed by atoms with van der Waals surface area (Å²) in [4.78, 5) is 14.7. The number of rotatable bonds is 5. The van der Waals surface area contributed by atoms with Gasteiger partial charge in [-0.15, -0.1) is 0 Å². The van der Waals surface area contributed by atoms with Gasteiger partial charge in [0.25, 0.3) is 0 Å². The molecule has 0 spiro atoms. The van der Waals surface area contributed by atoms with Crippen molar-refractivity contribution in [1.82, 2.24) is 4.98 Å². The molecule has 16 heavy (non-hydrogen) atoms. The molecule has 88 valence electrons. The Morgan fingerprint density at radius 3 is 2.75 bits per heavy atom. The highest BCUT2D eigenvalue weighted by atomic mass is 16.3. The highest BCUT2D eigenvalue weighted by Crippen LogP contribution is 2.07. The van der Waals surface area contributed by atoms with Crippen LogP contribution in [0.25, 0.3) is 0 Å². The quantitative estimate of drug-likeness (QED) is 0.531. The molecular formula is C10H15N3O3. The predicted octanol–water partition coefficient (Wildman–Crippen LogP) is -0.664. The van der Waals surface area contributed by atoms with E-state index in [-0.39, 0.29) is 13.2 Å². The Hall–Kier alpha value is -1.66. The Labute approximate surface area is 93.1 Å². The molecule has 0 aliphatic rings. The summed E-state index contributed by atoms with van der Waals surface area (Å²) < 4.78 is 0. The van der Waals surface area contributed by atoms with Gasteiger partial charge in [0.1, 0.15) is 11.4 Å². The van der Waals surface area contributed by atoms with E-state index in [4.69, 9.17) is 10.8 Å². The van der Waals surface area contributed by atoms with Gasteiger partial charge in [-0.3, -0.25) is 4.79 Å². The van der Waals surface area contributed by atoms with Gasteiger partial charge in [-0.1, -0.05) is 0 Å². The first-order valence-electron chi connectivity index (χ1n) is 4.77. The molecule has 0 saturated carbocycles. The fourth-order valence-corrected chi connectivity index (χ4v) is 0.981. The van der Waals surface area contributed by atoms with Gasteiger partial charge < -0.3 is 21.3 Å². The number of carbonyl (C=O) groups is 1. The number of amides is 1. The summed E-state index contributed by atoms with van der Waals surface area (Å²) >= 11 is 0. The van der Waals surface area contributed by atoms with Crippen molar-refractivity contribution in [2.75, 3.05) is 18.5 Å². The zero-order valence-electron chi connectivity index (χ0n) is 8.97. The van der Waals surface area contributed by atoms with E-state index in [0.717, 1.165) is 0 Å². The van der Waals surface area contributed by atoms with E-state index in [1.165, 1.54) is 19.2 Å². The fraction of sp³-hybridized carbons (Fsp3) is 0.400. The number of hydrogen-bond donors (Lipinski definition) is 4. The molecule has 1 aromatic heterocycles. The third-order valence-electron chi connectivity index (χ3n) is 2.04. The van der Waals surface area contributed by atoms with Crippen molar-refractivity contribution >= 4 is 11.7 Å². The van der Waals surface area contributed by atoms with Crippen molar-refractivity contribution in [3.63, 3.8) is 0 Å². The molecule has 6 nitrogen and oxygen atoms in total. The second-order valence-electron chi connectivity index (χ2n) is 3.80. The standard InChI is InChI=1S/C10H15N3O3/c1-10(16,6-14)5-13-8-3-2-7(4-12-8)9(11)15/h2-4,14,16H,5-6H2,1H3,(H2,11,15)(H,12,13). The lowest BCUT2D eigenvalue weighted by molar-refractivity contribution is 0.0131. The maximum absolute atomic E-state index is 10.8. The number of primary amides is 1. The summed E-state index contributed by atoms with van der Waals surface area (Å²) in [5.41, 5.74) is 4.17. The number of pyridine rings is 1. The van der Waals surface area contributed by atoms with Crippen molar-refractivity contribution < 1.29 is 15.0 Å². The van der Waals surface area contributed by atoms with E-state index in [2.05, 4.69) is 10.3 Å². The van der Waals surface area contributed by atoms with Crippen molar-refractivity contribution in [2.45, 2.75) is 12.5 Å². The first kappa shape index (κ1) is 12.4. The molecule has 1 atom stereocenters. The highest BCUT2D eigenvalue weighted by molar-refractivity contribution is 5.92. The lowest BCUT2D eigenvalue weighted by Gasteiger charge is -2.20. The fourth-order valence-electron chi connectivity index (χ4n) is 0.981. The number of aliphatic hydroxyl groups is 2. The molecule has 6 heteroatoms. The van der Waals surface area contributed by atoms with Crippen molar-refractivity contribution in [3.05, 3.63) is 23.9 Å². The van der Waals surface area contributed by atoms with Crippen molar-refractivity contribution in [3.8, 4) is 0 Å². The number of aromatic nitrogens is 1. The number of anilines is 1. The van der Waals surface area contributed by atoms with E-state index >= 15 is 0 Å². The van der Waals surface area contributed by atoms with E-state index < -0.39 is 11.5 Å². The van der Waals surface area contributed by atoms with Gasteiger partial charge >= 0.3 is 0 Å². The number of hydrogen-bond acceptors (Lipinski definition) is 5. The molecular weight excluding hydrogens is 210 g/mol. The minimum Gasteiger partial charge on any atom is -0.393 e. The molecule has 1 amide bonds. The summed E-state index contributed by atoms with van der Waals surface area (Å²) in [6.07, 6.45) is 1.35. The molecule has 1 aromatic rings. The number of aliphatic hydroxyl groups excluding tert-OH is 1. The average molecular weight is 225 g/mol. The van der Waals surface area contributed by atoms with Crippen LogP contribution in [0.2, 0.25) is 0 Å². The van der Waals surface area contributed by atoms with Crippen LogP contribution in [0, 0.1) is 0 Å². The third-order valence-corrected chi connectivity index (χ3v) is 2.04. The average Bonchev–Trinajstić information content (AvgIpc) is 2.27. The SMILES string of the molecule is CC(O)(CO)CNc1ccc(C(N)=O)cn1. The third kappa shape index (κ3) is 3.48. The Balaban J connectivity index is 2.59. The molecule has 0 saturated heterocycles. The minimum atomic E-state index is -1.20. The van der Waals surface area contributed by atoms with Gasteiger partial charge in [-0.2, -0.15) is 0 Å². The highest BCUT2D eigenvalue weighted by Gasteiger charge is 2.18. The summed E-state index contributed by atoms with van der Waals surface area (Å²) in [6, 6.07) is 3.11. The minimum absolute atomic E-state index is 0.159. The second-order valence-corrected chi connectivity index (χ2v) is 3.80. The maximum Gasteiger partial charge on any atom is 0.250 e. The normalized spacial score (nSPS) is 14.2. The molecule has 0 radical (unpaired) electrons. The Morgan fingerprint density at radius 1 is 1.62 bits per heavy atom. The van der Waals surface area contributed by atoms with Crippen LogP contribution in [-0.2, 0) is 0 Å². The van der Waals surface area contributed by atoms with Gasteiger partial charge in [-0.25, -0.2) is 4.98 Å². The van der Waals surface area contributed by atoms with Gasteiger partial charge in [0.05, 0.1) is 12.2 Å². The molecule has 5 N–H and O–H groups in total. The molecule has 0 bridgehead atoms. The lowest BCUT2D eigenvalue weighted by Crippen LogP contribution is -2.37. The van der Waals surface area contributed by atoms with E-state index in [1.807, 2.05) is 0 Å². The lowest BCUT2D eigenvalue weighted by atomic mass is 10.1. The molecule has 0 fully saturated rings. The number of nitrogens with one attached hydrogen (secondary N) is 1. The first-order chi connectivity index (χ1) is 7.44. The predicted molar refractivity (Wildman–Crippen MR) is 59.0 cm³/mol. The van der Waals surface area contributed by atoms with Crippen molar-refractivity contribution in [2.24, 2.45) is 5.73 Å². The Morgan fingerprint density at radius 2 is 2.31 bits per heavy atom. The molecule has 1 heterocycles. The van der Waals surface area contributed by atoms with Crippen LogP contribution < -0.4 is 11.1 Å². The van der Waals surface area contributed by atoms with Crippen LogP contribution in [0.1, 0.15) is 17.3 Å². The van der Waals surface area contributed by atoms with E-state index in [9.17, 15) is 9.90 Å². The Kier molecular flexibility index (Phi) is 3.81. The van der Waals surface area contributed by atoms with Gasteiger partial charge in [-0.05, 0) is 19.1 Å². The van der Waals surface area contributed by atoms with Crippen molar-refractivity contribution in [1.29, 1.82) is 0 Å². The summed E-state index contributed by atoms with van der Waals surface area (Å²) in [5, 5.41) is 21.2. The molecule has 1 rings (SSSR count). The summed E-state index contributed by atoms with van der Waals surface area (Å²) in [5.74, 6) is -0.0415. The number of nitrogens with two attached hydrogens (primary N) is 1. The second kappa shape index (κ2) is 4.91. The van der Waals surface area contributed by atoms with Crippen LogP contribution in [0.3, 0.4) is 0 Å². The molecule has 0 aliphatic heterocycles. The van der Waals surface area contributed by atoms with E-state index in [1.54, 1.807) is 6.07 Å². The number of carbonyl (C=O) groups excluding carboxylic acids is 1. The van der Waals surface area contributed by atoms with Gasteiger partial charge in [0.2, 0.25) is 5.91 Å². The van der Waals surface area contributed by atoms with Crippen LogP contribution >= 0.6 is 0 Å². The van der Waals surface area contributed by atoms with Gasteiger partial charge in [0.15, 0.2) is 0 Å². The van der Waals surface area contributed by atoms with Gasteiger partial charge in [0, 0.05) is 12.7 Å². The zero-order valence-corrected chi connectivity index (χ0v) is 8.97. The summed E-state index contributed by atoms with van der Waals surface area (Å²) in [7, 11) is 0. The molecule has 1 unspecified atom stereocenters. The maximum atomic E-state index is 10.8. The zero-order chi connectivity index (χ0) is 12.2. The van der Waals surface area contributed by atoms with Crippen LogP contribution in [0.4, 0.5) is 5.82 Å². The monoisotopic (exact) mass is 225 g/mol. The smallest absolute Gasteiger partial charge is 0.250 e.